The van der Waals surface area contributed by atoms with E-state index in [-0.39, 0.29) is 11.4 Å². The number of benzene rings is 1. The van der Waals surface area contributed by atoms with Gasteiger partial charge in [-0.05, 0) is 30.7 Å². The zero-order valence-corrected chi connectivity index (χ0v) is 10.7. The van der Waals surface area contributed by atoms with Crippen LogP contribution in [-0.4, -0.2) is 11.3 Å². The van der Waals surface area contributed by atoms with Crippen molar-refractivity contribution in [2.24, 2.45) is 0 Å². The van der Waals surface area contributed by atoms with Gasteiger partial charge in [0.25, 0.3) is 0 Å². The largest absolute Gasteiger partial charge is 0.573 e. The number of anilines is 1. The van der Waals surface area contributed by atoms with Crippen molar-refractivity contribution in [2.75, 3.05) is 5.32 Å². The van der Waals surface area contributed by atoms with E-state index in [1.165, 1.54) is 18.2 Å². The molecule has 1 N–H and O–H groups in total. The molecular weight excluding hydrogens is 269 g/mol. The lowest BCUT2D eigenvalue weighted by molar-refractivity contribution is -0.274. The number of hydrogen-bond donors (Lipinski definition) is 1. The highest BCUT2D eigenvalue weighted by Crippen LogP contribution is 2.30. The predicted octanol–water partition coefficient (Wildman–Crippen LogP) is 3.90. The van der Waals surface area contributed by atoms with Gasteiger partial charge in [0.2, 0.25) is 0 Å². The van der Waals surface area contributed by atoms with Crippen LogP contribution < -0.4 is 10.1 Å². The Morgan fingerprint density at radius 2 is 1.90 bits per heavy atom. The molecule has 0 spiro atoms. The molecule has 0 saturated heterocycles. The van der Waals surface area contributed by atoms with E-state index in [0.717, 1.165) is 11.3 Å². The number of alkyl halides is 3. The van der Waals surface area contributed by atoms with Crippen LogP contribution in [0.3, 0.4) is 0 Å². The maximum atomic E-state index is 12.3. The summed E-state index contributed by atoms with van der Waals surface area (Å²) in [6.07, 6.45) is -3.07. The summed E-state index contributed by atoms with van der Waals surface area (Å²) in [4.78, 5) is 4.17. The molecule has 0 amide bonds. The zero-order valence-electron chi connectivity index (χ0n) is 10.7. The zero-order chi connectivity index (χ0) is 14.6. The van der Waals surface area contributed by atoms with Gasteiger partial charge in [-0.25, -0.2) is 0 Å². The minimum atomic E-state index is -4.71. The topological polar surface area (TPSA) is 34.2 Å². The highest BCUT2D eigenvalue weighted by atomic mass is 19.4. The van der Waals surface area contributed by atoms with Crippen molar-refractivity contribution in [3.63, 3.8) is 0 Å². The summed E-state index contributed by atoms with van der Waals surface area (Å²) in [5.41, 5.74) is 2.01. The molecule has 1 heterocycles. The molecule has 1 aromatic heterocycles. The van der Waals surface area contributed by atoms with Gasteiger partial charge in [0.05, 0.1) is 17.9 Å². The number of hydrogen-bond acceptors (Lipinski definition) is 3. The molecule has 0 saturated carbocycles. The number of ether oxygens (including phenoxy) is 1. The maximum Gasteiger partial charge on any atom is 0.573 e. The molecule has 20 heavy (non-hydrogen) atoms. The number of aryl methyl sites for hydroxylation is 1. The summed E-state index contributed by atoms with van der Waals surface area (Å²) < 4.78 is 40.8. The van der Waals surface area contributed by atoms with Crippen LogP contribution in [0, 0.1) is 6.92 Å². The van der Waals surface area contributed by atoms with Crippen molar-refractivity contribution in [3.05, 3.63) is 53.9 Å². The quantitative estimate of drug-likeness (QED) is 0.923. The van der Waals surface area contributed by atoms with Crippen LogP contribution in [0.5, 0.6) is 5.75 Å². The van der Waals surface area contributed by atoms with Crippen molar-refractivity contribution < 1.29 is 17.9 Å². The molecule has 0 aliphatic heterocycles. The van der Waals surface area contributed by atoms with Gasteiger partial charge in [0.1, 0.15) is 0 Å². The summed E-state index contributed by atoms with van der Waals surface area (Å²) in [5.74, 6) is -0.256. The minimum Gasteiger partial charge on any atom is -0.404 e. The van der Waals surface area contributed by atoms with Crippen LogP contribution in [0.4, 0.5) is 18.9 Å². The van der Waals surface area contributed by atoms with E-state index < -0.39 is 6.36 Å². The monoisotopic (exact) mass is 282 g/mol. The minimum absolute atomic E-state index is 0.256. The Morgan fingerprint density at radius 1 is 1.15 bits per heavy atom. The average molecular weight is 282 g/mol. The van der Waals surface area contributed by atoms with E-state index >= 15 is 0 Å². The second-order valence-corrected chi connectivity index (χ2v) is 4.16. The molecule has 1 aromatic carbocycles. The summed E-state index contributed by atoms with van der Waals surface area (Å²) >= 11 is 0. The van der Waals surface area contributed by atoms with Gasteiger partial charge in [-0.2, -0.15) is 0 Å². The third-order valence-corrected chi connectivity index (χ3v) is 2.68. The molecule has 2 aromatic rings. The van der Waals surface area contributed by atoms with Crippen molar-refractivity contribution in [1.82, 2.24) is 4.98 Å². The number of rotatable bonds is 4. The maximum absolute atomic E-state index is 12.3. The standard InChI is InChI=1S/C14H13F3N2O/c1-10-5-4-8-18-12(10)9-19-11-6-2-3-7-13(11)20-14(15,16)17/h2-8,19H,9H2,1H3. The summed E-state index contributed by atoms with van der Waals surface area (Å²) in [6, 6.07) is 9.61. The molecule has 0 aliphatic rings. The van der Waals surface area contributed by atoms with Gasteiger partial charge in [0.15, 0.2) is 5.75 Å². The van der Waals surface area contributed by atoms with Gasteiger partial charge in [0, 0.05) is 6.20 Å². The predicted molar refractivity (Wildman–Crippen MR) is 69.4 cm³/mol. The first-order valence-corrected chi connectivity index (χ1v) is 5.95. The number of halogens is 3. The molecule has 0 radical (unpaired) electrons. The third kappa shape index (κ3) is 3.88. The van der Waals surface area contributed by atoms with Gasteiger partial charge < -0.3 is 10.1 Å². The lowest BCUT2D eigenvalue weighted by Gasteiger charge is -2.14. The SMILES string of the molecule is Cc1cccnc1CNc1ccccc1OC(F)(F)F. The fraction of sp³-hybridized carbons (Fsp3) is 0.214. The highest BCUT2D eigenvalue weighted by Gasteiger charge is 2.32. The average Bonchev–Trinajstić information content (AvgIpc) is 2.37. The summed E-state index contributed by atoms with van der Waals surface area (Å²) in [5, 5.41) is 2.91. The van der Waals surface area contributed by atoms with Crippen LogP contribution in [0.15, 0.2) is 42.6 Å². The van der Waals surface area contributed by atoms with E-state index in [2.05, 4.69) is 15.0 Å². The number of nitrogens with one attached hydrogen (secondary N) is 1. The number of pyridine rings is 1. The van der Waals surface area contributed by atoms with Crippen LogP contribution in [0.2, 0.25) is 0 Å². The summed E-state index contributed by atoms with van der Waals surface area (Å²) in [6.45, 7) is 2.22. The first-order valence-electron chi connectivity index (χ1n) is 5.95. The molecule has 3 nitrogen and oxygen atoms in total. The van der Waals surface area contributed by atoms with Crippen LogP contribution in [-0.2, 0) is 6.54 Å². The number of para-hydroxylation sites is 2. The smallest absolute Gasteiger partial charge is 0.404 e. The number of aromatic nitrogens is 1. The Labute approximate surface area is 114 Å². The van der Waals surface area contributed by atoms with Crippen LogP contribution in [0.25, 0.3) is 0 Å². The first-order chi connectivity index (χ1) is 9.46. The lowest BCUT2D eigenvalue weighted by atomic mass is 10.2. The Balaban J connectivity index is 2.12. The van der Waals surface area contributed by atoms with Gasteiger partial charge in [-0.1, -0.05) is 18.2 Å². The molecule has 6 heteroatoms. The van der Waals surface area contributed by atoms with Gasteiger partial charge in [-0.3, -0.25) is 4.98 Å². The number of nitrogens with zero attached hydrogens (tertiary/aromatic N) is 1. The highest BCUT2D eigenvalue weighted by molar-refractivity contribution is 5.56. The van der Waals surface area contributed by atoms with E-state index in [9.17, 15) is 13.2 Å². The molecule has 0 fully saturated rings. The van der Waals surface area contributed by atoms with Gasteiger partial charge in [-0.15, -0.1) is 13.2 Å². The van der Waals surface area contributed by atoms with Crippen molar-refractivity contribution in [1.29, 1.82) is 0 Å². The molecule has 0 atom stereocenters. The molecule has 0 bridgehead atoms. The van der Waals surface area contributed by atoms with Gasteiger partial charge >= 0.3 is 6.36 Å². The van der Waals surface area contributed by atoms with E-state index in [1.54, 1.807) is 18.3 Å². The Morgan fingerprint density at radius 3 is 2.60 bits per heavy atom. The van der Waals surface area contributed by atoms with Crippen LogP contribution in [0.1, 0.15) is 11.3 Å². The van der Waals surface area contributed by atoms with Crippen molar-refractivity contribution in [3.8, 4) is 5.75 Å². The van der Waals surface area contributed by atoms with Crippen molar-refractivity contribution >= 4 is 5.69 Å². The molecule has 0 aliphatic carbocycles. The fourth-order valence-corrected chi connectivity index (χ4v) is 1.71. The normalized spacial score (nSPS) is 11.2. The first kappa shape index (κ1) is 14.2. The molecule has 0 unspecified atom stereocenters. The Kier molecular flexibility index (Phi) is 4.12. The Bertz CT molecular complexity index is 585. The second kappa shape index (κ2) is 5.81. The van der Waals surface area contributed by atoms with Crippen molar-refractivity contribution in [2.45, 2.75) is 19.8 Å². The molecular formula is C14H13F3N2O. The molecule has 106 valence electrons. The Hall–Kier alpha value is -2.24. The molecule has 2 rings (SSSR count). The van der Waals surface area contributed by atoms with E-state index in [4.69, 9.17) is 0 Å². The van der Waals surface area contributed by atoms with E-state index in [0.29, 0.717) is 6.54 Å². The summed E-state index contributed by atoms with van der Waals surface area (Å²) in [7, 11) is 0. The van der Waals surface area contributed by atoms with Crippen LogP contribution >= 0.6 is 0 Å². The second-order valence-electron chi connectivity index (χ2n) is 4.16. The third-order valence-electron chi connectivity index (χ3n) is 2.68. The van der Waals surface area contributed by atoms with E-state index in [1.807, 2.05) is 13.0 Å². The fourth-order valence-electron chi connectivity index (χ4n) is 1.71. The lowest BCUT2D eigenvalue weighted by Crippen LogP contribution is -2.18.